The van der Waals surface area contributed by atoms with Crippen LogP contribution in [0.4, 0.5) is 0 Å². The Kier molecular flexibility index (Phi) is 5.72. The third kappa shape index (κ3) is 5.03. The topological polar surface area (TPSA) is 68.5 Å². The molecule has 0 radical (unpaired) electrons. The molecule has 2 aromatic rings. The molecule has 1 atom stereocenters. The summed E-state index contributed by atoms with van der Waals surface area (Å²) < 4.78 is 18.2. The summed E-state index contributed by atoms with van der Waals surface area (Å²) in [5, 5.41) is 0. The Bertz CT molecular complexity index is 749. The molecule has 5 nitrogen and oxygen atoms in total. The van der Waals surface area contributed by atoms with Crippen molar-refractivity contribution in [2.24, 2.45) is 7.05 Å². The first kappa shape index (κ1) is 17.4. The van der Waals surface area contributed by atoms with Crippen LogP contribution in [0.3, 0.4) is 0 Å². The van der Waals surface area contributed by atoms with E-state index in [0.717, 1.165) is 11.4 Å². The molecule has 1 N–H and O–H groups in total. The van der Waals surface area contributed by atoms with Crippen LogP contribution in [0.25, 0.3) is 6.08 Å². The van der Waals surface area contributed by atoms with Gasteiger partial charge in [-0.15, -0.1) is 0 Å². The summed E-state index contributed by atoms with van der Waals surface area (Å²) in [6, 6.07) is 11.2. The number of hydrogen-bond donors (Lipinski definition) is 1. The third-order valence-electron chi connectivity index (χ3n) is 3.32. The molecule has 1 aromatic heterocycles. The van der Waals surface area contributed by atoms with Crippen molar-refractivity contribution >= 4 is 19.5 Å². The number of aromatic nitrogens is 1. The van der Waals surface area contributed by atoms with E-state index >= 15 is 0 Å². The van der Waals surface area contributed by atoms with E-state index < -0.39 is 7.60 Å². The highest BCUT2D eigenvalue weighted by molar-refractivity contribution is 7.56. The zero-order valence-corrected chi connectivity index (χ0v) is 14.1. The van der Waals surface area contributed by atoms with Crippen LogP contribution >= 0.6 is 7.60 Å². The number of ketones is 1. The SMILES string of the molecule is CCOP(=O)(O)/C=C/c1cc(C(=O)Cc2ccccc2)cn1C. The van der Waals surface area contributed by atoms with Gasteiger partial charge in [0.05, 0.1) is 6.61 Å². The Morgan fingerprint density at radius 3 is 2.70 bits per heavy atom. The van der Waals surface area contributed by atoms with Gasteiger partial charge in [0.2, 0.25) is 0 Å². The lowest BCUT2D eigenvalue weighted by Gasteiger charge is -2.04. The van der Waals surface area contributed by atoms with E-state index in [1.165, 1.54) is 6.08 Å². The summed E-state index contributed by atoms with van der Waals surface area (Å²) in [6.07, 6.45) is 3.54. The van der Waals surface area contributed by atoms with Crippen molar-refractivity contribution in [3.63, 3.8) is 0 Å². The molecule has 1 unspecified atom stereocenters. The molecule has 0 aliphatic rings. The van der Waals surface area contributed by atoms with Crippen LogP contribution < -0.4 is 0 Å². The zero-order valence-electron chi connectivity index (χ0n) is 13.2. The number of carbonyl (C=O) groups is 1. The maximum absolute atomic E-state index is 12.3. The standard InChI is InChI=1S/C17H20NO4P/c1-3-22-23(20,21)10-9-16-12-15(13-18(16)2)17(19)11-14-7-5-4-6-8-14/h4-10,12-13H,3,11H2,1-2H3,(H,20,21)/b10-9+. The Hall–Kier alpha value is -1.94. The molecule has 0 spiro atoms. The molecular weight excluding hydrogens is 313 g/mol. The highest BCUT2D eigenvalue weighted by Crippen LogP contribution is 2.43. The van der Waals surface area contributed by atoms with Crippen LogP contribution in [0, 0.1) is 0 Å². The van der Waals surface area contributed by atoms with Gasteiger partial charge in [0.1, 0.15) is 0 Å². The number of hydrogen-bond acceptors (Lipinski definition) is 3. The fourth-order valence-corrected chi connectivity index (χ4v) is 2.98. The van der Waals surface area contributed by atoms with Gasteiger partial charge in [-0.05, 0) is 24.6 Å². The van der Waals surface area contributed by atoms with E-state index in [-0.39, 0.29) is 12.4 Å². The van der Waals surface area contributed by atoms with Gasteiger partial charge >= 0.3 is 7.60 Å². The average Bonchev–Trinajstić information content (AvgIpc) is 2.88. The monoisotopic (exact) mass is 333 g/mol. The van der Waals surface area contributed by atoms with Gasteiger partial charge in [-0.3, -0.25) is 9.36 Å². The van der Waals surface area contributed by atoms with Crippen molar-refractivity contribution in [1.82, 2.24) is 4.57 Å². The second-order valence-corrected chi connectivity index (χ2v) is 6.83. The summed E-state index contributed by atoms with van der Waals surface area (Å²) in [6.45, 7) is 1.81. The van der Waals surface area contributed by atoms with Crippen molar-refractivity contribution in [2.45, 2.75) is 13.3 Å². The smallest absolute Gasteiger partial charge is 0.350 e. The predicted octanol–water partition coefficient (Wildman–Crippen LogP) is 3.64. The first-order chi connectivity index (χ1) is 10.9. The van der Waals surface area contributed by atoms with Gasteiger partial charge < -0.3 is 14.0 Å². The summed E-state index contributed by atoms with van der Waals surface area (Å²) in [5.41, 5.74) is 2.19. The first-order valence-corrected chi connectivity index (χ1v) is 8.95. The lowest BCUT2D eigenvalue weighted by molar-refractivity contribution is 0.0993. The maximum atomic E-state index is 12.3. The fraction of sp³-hybridized carbons (Fsp3) is 0.235. The minimum atomic E-state index is -3.73. The highest BCUT2D eigenvalue weighted by atomic mass is 31.2. The number of nitrogens with zero attached hydrogens (tertiary/aromatic N) is 1. The molecule has 23 heavy (non-hydrogen) atoms. The van der Waals surface area contributed by atoms with E-state index in [0.29, 0.717) is 17.7 Å². The van der Waals surface area contributed by atoms with Crippen molar-refractivity contribution in [2.75, 3.05) is 6.61 Å². The van der Waals surface area contributed by atoms with Crippen molar-refractivity contribution in [3.8, 4) is 0 Å². The van der Waals surface area contributed by atoms with E-state index in [1.807, 2.05) is 30.3 Å². The maximum Gasteiger partial charge on any atom is 0.351 e. The molecule has 1 aromatic carbocycles. The molecule has 0 amide bonds. The molecule has 2 rings (SSSR count). The molecule has 122 valence electrons. The number of rotatable bonds is 7. The lowest BCUT2D eigenvalue weighted by Crippen LogP contribution is -2.02. The van der Waals surface area contributed by atoms with E-state index in [4.69, 9.17) is 4.52 Å². The quantitative estimate of drug-likeness (QED) is 0.620. The van der Waals surface area contributed by atoms with Gasteiger partial charge in [0.25, 0.3) is 0 Å². The molecule has 0 bridgehead atoms. The normalized spacial score (nSPS) is 14.0. The van der Waals surface area contributed by atoms with E-state index in [1.54, 1.807) is 30.8 Å². The molecule has 0 fully saturated rings. The van der Waals surface area contributed by atoms with Crippen LogP contribution in [0.15, 0.2) is 48.4 Å². The highest BCUT2D eigenvalue weighted by Gasteiger charge is 2.14. The van der Waals surface area contributed by atoms with Crippen molar-refractivity contribution in [1.29, 1.82) is 0 Å². The number of aryl methyl sites for hydroxylation is 1. The molecule has 0 aliphatic heterocycles. The Balaban J connectivity index is 2.13. The van der Waals surface area contributed by atoms with Gasteiger partial charge in [0, 0.05) is 36.7 Å². The average molecular weight is 333 g/mol. The number of Topliss-reactive ketones (excluding diaryl/α,β-unsaturated/α-hetero) is 1. The second kappa shape index (κ2) is 7.55. The van der Waals surface area contributed by atoms with Crippen molar-refractivity contribution < 1.29 is 18.8 Å². The largest absolute Gasteiger partial charge is 0.351 e. The Morgan fingerprint density at radius 1 is 1.35 bits per heavy atom. The van der Waals surface area contributed by atoms with Crippen LogP contribution in [0.2, 0.25) is 0 Å². The van der Waals surface area contributed by atoms with Crippen molar-refractivity contribution in [3.05, 3.63) is 65.2 Å². The van der Waals surface area contributed by atoms with E-state index in [2.05, 4.69) is 0 Å². The second-order valence-electron chi connectivity index (χ2n) is 5.15. The molecule has 0 aliphatic carbocycles. The molecular formula is C17H20NO4P. The van der Waals surface area contributed by atoms with Crippen LogP contribution in [-0.4, -0.2) is 21.9 Å². The fourth-order valence-electron chi connectivity index (χ4n) is 2.18. The van der Waals surface area contributed by atoms with Gasteiger partial charge in [-0.1, -0.05) is 30.3 Å². The lowest BCUT2D eigenvalue weighted by atomic mass is 10.1. The predicted molar refractivity (Wildman–Crippen MR) is 90.4 cm³/mol. The molecule has 0 saturated carbocycles. The Labute approximate surface area is 135 Å². The van der Waals surface area contributed by atoms with Crippen LogP contribution in [-0.2, 0) is 22.6 Å². The Morgan fingerprint density at radius 2 is 2.04 bits per heavy atom. The minimum Gasteiger partial charge on any atom is -0.350 e. The summed E-state index contributed by atoms with van der Waals surface area (Å²) >= 11 is 0. The van der Waals surface area contributed by atoms with Gasteiger partial charge in [0.15, 0.2) is 5.78 Å². The van der Waals surface area contributed by atoms with Crippen LogP contribution in [0.5, 0.6) is 0 Å². The summed E-state index contributed by atoms with van der Waals surface area (Å²) in [5.74, 6) is 1.14. The first-order valence-electron chi connectivity index (χ1n) is 7.31. The zero-order chi connectivity index (χ0) is 16.9. The third-order valence-corrected chi connectivity index (χ3v) is 4.47. The number of benzene rings is 1. The van der Waals surface area contributed by atoms with Crippen LogP contribution in [0.1, 0.15) is 28.5 Å². The summed E-state index contributed by atoms with van der Waals surface area (Å²) in [4.78, 5) is 21.9. The summed E-state index contributed by atoms with van der Waals surface area (Å²) in [7, 11) is -1.95. The van der Waals surface area contributed by atoms with Gasteiger partial charge in [-0.25, -0.2) is 0 Å². The molecule has 1 heterocycles. The minimum absolute atomic E-state index is 0.00318. The van der Waals surface area contributed by atoms with E-state index in [9.17, 15) is 14.3 Å². The van der Waals surface area contributed by atoms with Gasteiger partial charge in [-0.2, -0.15) is 0 Å². The molecule has 0 saturated heterocycles. The molecule has 6 heteroatoms. The number of carbonyl (C=O) groups excluding carboxylic acids is 1.